The number of nitrogens with one attached hydrogen (secondary N) is 3. The number of carbonyl (C=O) groups excluding carboxylic acids is 3. The number of rotatable bonds is 16. The van der Waals surface area contributed by atoms with Gasteiger partial charge in [0.25, 0.3) is 0 Å². The average molecular weight is 742 g/mol. The van der Waals surface area contributed by atoms with Crippen LogP contribution in [0.1, 0.15) is 53.9 Å². The Hall–Kier alpha value is -2.15. The molecule has 51 heavy (non-hydrogen) atoms. The molecule has 3 heterocycles. The van der Waals surface area contributed by atoms with Crippen molar-refractivity contribution in [3.63, 3.8) is 0 Å². The molecular formula is C31H55N3O17. The Morgan fingerprint density at radius 1 is 0.843 bits per heavy atom. The second-order valence-electron chi connectivity index (χ2n) is 13.3. The minimum absolute atomic E-state index is 0.197. The first-order valence-corrected chi connectivity index (χ1v) is 17.0. The molecule has 20 heteroatoms. The Kier molecular flexibility index (Phi) is 16.3. The summed E-state index contributed by atoms with van der Waals surface area (Å²) in [6.07, 6.45) is -19.7. The minimum atomic E-state index is -1.96. The van der Waals surface area contributed by atoms with Gasteiger partial charge in [-0.2, -0.15) is 0 Å². The van der Waals surface area contributed by atoms with Gasteiger partial charge < -0.3 is 85.2 Å². The largest absolute Gasteiger partial charge is 0.394 e. The van der Waals surface area contributed by atoms with Crippen molar-refractivity contribution in [3.05, 3.63) is 0 Å². The number of aliphatic hydroxyl groups is 8. The fourth-order valence-corrected chi connectivity index (χ4v) is 6.35. The van der Waals surface area contributed by atoms with E-state index in [4.69, 9.17) is 28.4 Å². The number of amides is 3. The summed E-state index contributed by atoms with van der Waals surface area (Å²) in [7, 11) is 0. The number of hydrogen-bond acceptors (Lipinski definition) is 17. The molecule has 16 atom stereocenters. The lowest BCUT2D eigenvalue weighted by molar-refractivity contribution is -0.384. The predicted molar refractivity (Wildman–Crippen MR) is 170 cm³/mol. The molecule has 0 spiro atoms. The summed E-state index contributed by atoms with van der Waals surface area (Å²) in [5.41, 5.74) is 0. The van der Waals surface area contributed by atoms with Crippen LogP contribution in [0.2, 0.25) is 0 Å². The van der Waals surface area contributed by atoms with Gasteiger partial charge in [0.1, 0.15) is 61.0 Å². The van der Waals surface area contributed by atoms with Crippen LogP contribution in [0.25, 0.3) is 0 Å². The summed E-state index contributed by atoms with van der Waals surface area (Å²) in [4.78, 5) is 35.6. The molecule has 296 valence electrons. The Balaban J connectivity index is 1.91. The summed E-state index contributed by atoms with van der Waals surface area (Å²) in [6.45, 7) is 5.08. The highest BCUT2D eigenvalue weighted by Gasteiger charge is 2.56. The average Bonchev–Trinajstić information content (AvgIpc) is 3.06. The van der Waals surface area contributed by atoms with Crippen LogP contribution in [0.15, 0.2) is 0 Å². The lowest BCUT2D eigenvalue weighted by atomic mass is 9.88. The zero-order valence-electron chi connectivity index (χ0n) is 29.4. The van der Waals surface area contributed by atoms with Gasteiger partial charge in [-0.05, 0) is 13.3 Å². The Labute approximate surface area is 295 Å². The standard InChI is InChI=1S/C31H55N3O17/c1-6-7-8-46-29-21(34-15(4)39)26(23(43)18(11-35)47-29)49-30-25(45)28(24(44)19(12-36)48-30)51-31(5)9-16(40)20(33-14(3)38)27(50-31)22(42)17(41)10-32-13(2)37/h16-30,35-36,40-45H,6-12H2,1-5H3,(H,32,37)(H,33,38)(H,34,39)/t16-,17-,18?,19?,20-,21?,22-,23-,24+,25?,26-,27?,28+,29-,30+,31-/m1/s1. The predicted octanol–water partition coefficient (Wildman–Crippen LogP) is -5.18. The molecule has 3 aliphatic heterocycles. The maximum Gasteiger partial charge on any atom is 0.217 e. The van der Waals surface area contributed by atoms with E-state index in [-0.39, 0.29) is 6.61 Å². The molecule has 0 aromatic rings. The van der Waals surface area contributed by atoms with Crippen molar-refractivity contribution >= 4 is 17.7 Å². The van der Waals surface area contributed by atoms with E-state index < -0.39 is 141 Å². The third kappa shape index (κ3) is 11.2. The number of unbranched alkanes of at least 4 members (excludes halogenated alkanes) is 1. The number of aliphatic hydroxyl groups excluding tert-OH is 8. The molecule has 0 aliphatic carbocycles. The van der Waals surface area contributed by atoms with Crippen LogP contribution >= 0.6 is 0 Å². The summed E-state index contributed by atoms with van der Waals surface area (Å²) in [6, 6.07) is -2.47. The zero-order chi connectivity index (χ0) is 38.2. The molecule has 5 unspecified atom stereocenters. The van der Waals surface area contributed by atoms with Crippen molar-refractivity contribution in [2.75, 3.05) is 26.4 Å². The normalized spacial score (nSPS) is 39.8. The second kappa shape index (κ2) is 19.3. The number of ether oxygens (including phenoxy) is 6. The summed E-state index contributed by atoms with van der Waals surface area (Å²) >= 11 is 0. The fraction of sp³-hybridized carbons (Fsp3) is 0.903. The number of hydrogen-bond donors (Lipinski definition) is 11. The van der Waals surface area contributed by atoms with Crippen molar-refractivity contribution in [1.29, 1.82) is 0 Å². The van der Waals surface area contributed by atoms with Gasteiger partial charge >= 0.3 is 0 Å². The van der Waals surface area contributed by atoms with E-state index in [1.165, 1.54) is 20.8 Å². The molecule has 0 aromatic carbocycles. The molecule has 0 saturated carbocycles. The van der Waals surface area contributed by atoms with Crippen LogP contribution in [0.3, 0.4) is 0 Å². The lowest BCUT2D eigenvalue weighted by Crippen LogP contribution is -2.69. The van der Waals surface area contributed by atoms with Crippen LogP contribution in [0.5, 0.6) is 0 Å². The van der Waals surface area contributed by atoms with E-state index in [0.29, 0.717) is 6.42 Å². The third-order valence-corrected chi connectivity index (χ3v) is 8.90. The van der Waals surface area contributed by atoms with Crippen LogP contribution in [-0.2, 0) is 42.8 Å². The summed E-state index contributed by atoms with van der Waals surface area (Å²) < 4.78 is 35.3. The molecule has 3 amide bonds. The van der Waals surface area contributed by atoms with Crippen LogP contribution < -0.4 is 16.0 Å². The smallest absolute Gasteiger partial charge is 0.217 e. The van der Waals surface area contributed by atoms with E-state index >= 15 is 0 Å². The molecule has 3 aliphatic rings. The quantitative estimate of drug-likeness (QED) is 0.0659. The highest BCUT2D eigenvalue weighted by molar-refractivity contribution is 5.74. The van der Waals surface area contributed by atoms with Gasteiger partial charge in [0.2, 0.25) is 17.7 Å². The number of carbonyl (C=O) groups is 3. The van der Waals surface area contributed by atoms with Crippen molar-refractivity contribution < 1.29 is 83.7 Å². The lowest BCUT2D eigenvalue weighted by Gasteiger charge is -2.51. The highest BCUT2D eigenvalue weighted by atomic mass is 16.7. The van der Waals surface area contributed by atoms with Crippen molar-refractivity contribution in [2.45, 2.75) is 151 Å². The Morgan fingerprint density at radius 3 is 1.96 bits per heavy atom. The van der Waals surface area contributed by atoms with Gasteiger partial charge in [-0.1, -0.05) is 13.3 Å². The van der Waals surface area contributed by atoms with Gasteiger partial charge in [-0.15, -0.1) is 0 Å². The van der Waals surface area contributed by atoms with E-state index in [0.717, 1.165) is 13.3 Å². The van der Waals surface area contributed by atoms with Gasteiger partial charge in [0.15, 0.2) is 18.4 Å². The third-order valence-electron chi connectivity index (χ3n) is 8.90. The molecule has 3 rings (SSSR count). The zero-order valence-corrected chi connectivity index (χ0v) is 29.4. The van der Waals surface area contributed by atoms with Gasteiger partial charge in [-0.3, -0.25) is 14.4 Å². The molecule has 0 radical (unpaired) electrons. The first-order valence-electron chi connectivity index (χ1n) is 17.0. The van der Waals surface area contributed by atoms with E-state index in [9.17, 15) is 55.2 Å². The Morgan fingerprint density at radius 2 is 1.41 bits per heavy atom. The van der Waals surface area contributed by atoms with Gasteiger partial charge in [-0.25, -0.2) is 0 Å². The van der Waals surface area contributed by atoms with Crippen LogP contribution in [-0.4, -0.2) is 183 Å². The Bertz CT molecular complexity index is 1140. The second-order valence-corrected chi connectivity index (χ2v) is 13.3. The topological polar surface area (TPSA) is 305 Å². The maximum atomic E-state index is 12.2. The van der Waals surface area contributed by atoms with Crippen molar-refractivity contribution in [3.8, 4) is 0 Å². The molecule has 0 aromatic heterocycles. The highest BCUT2D eigenvalue weighted by Crippen LogP contribution is 2.37. The van der Waals surface area contributed by atoms with Gasteiger partial charge in [0, 0.05) is 40.3 Å². The molecule has 11 N–H and O–H groups in total. The SMILES string of the molecule is CCCCO[C@@H]1OC(CO)[C@@H](O)[C@H](O[C@@H]2OC(CO)[C@H](O)[C@H](O[C@]3(C)C[C@@H](O)[C@@H](NC(C)=O)C([C@H](O)[C@H](O)CNC(C)=O)O3)C2O)C1NC(C)=O. The summed E-state index contributed by atoms with van der Waals surface area (Å²) in [5, 5.41) is 94.0. The fourth-order valence-electron chi connectivity index (χ4n) is 6.35. The molecule has 0 bridgehead atoms. The van der Waals surface area contributed by atoms with E-state index in [1.54, 1.807) is 0 Å². The summed E-state index contributed by atoms with van der Waals surface area (Å²) in [5.74, 6) is -3.61. The van der Waals surface area contributed by atoms with Crippen molar-refractivity contribution in [2.24, 2.45) is 0 Å². The van der Waals surface area contributed by atoms with E-state index in [2.05, 4.69) is 16.0 Å². The first kappa shape index (κ1) is 43.3. The molecular weight excluding hydrogens is 686 g/mol. The van der Waals surface area contributed by atoms with Gasteiger partial charge in [0.05, 0.1) is 31.5 Å². The molecule has 3 saturated heterocycles. The van der Waals surface area contributed by atoms with Crippen molar-refractivity contribution in [1.82, 2.24) is 16.0 Å². The first-order chi connectivity index (χ1) is 24.0. The molecule has 20 nitrogen and oxygen atoms in total. The van der Waals surface area contributed by atoms with Crippen LogP contribution in [0, 0.1) is 0 Å². The molecule has 3 fully saturated rings. The van der Waals surface area contributed by atoms with E-state index in [1.807, 2.05) is 6.92 Å². The van der Waals surface area contributed by atoms with Crippen LogP contribution in [0.4, 0.5) is 0 Å². The monoisotopic (exact) mass is 741 g/mol. The minimum Gasteiger partial charge on any atom is -0.394 e. The maximum absolute atomic E-state index is 12.2.